The summed E-state index contributed by atoms with van der Waals surface area (Å²) in [4.78, 5) is 19.2. The number of carbonyl (C=O) groups is 1. The molecule has 9 heteroatoms. The summed E-state index contributed by atoms with van der Waals surface area (Å²) in [6, 6.07) is 10.2. The number of ether oxygens (including phenoxy) is 3. The summed E-state index contributed by atoms with van der Waals surface area (Å²) in [5.41, 5.74) is 8.34. The van der Waals surface area contributed by atoms with Gasteiger partial charge in [0, 0.05) is 31.8 Å². The number of rotatable bonds is 10. The second-order valence-corrected chi connectivity index (χ2v) is 12.2. The van der Waals surface area contributed by atoms with Gasteiger partial charge in [0.15, 0.2) is 5.82 Å². The highest BCUT2D eigenvalue weighted by Crippen LogP contribution is 2.34. The molecule has 0 amide bonds. The molecule has 2 aromatic heterocycles. The van der Waals surface area contributed by atoms with Crippen LogP contribution in [-0.4, -0.2) is 69.7 Å². The predicted molar refractivity (Wildman–Crippen MR) is 173 cm³/mol. The minimum absolute atomic E-state index is 0.00256. The lowest BCUT2D eigenvalue weighted by atomic mass is 9.93. The summed E-state index contributed by atoms with van der Waals surface area (Å²) in [6.45, 7) is 11.1. The number of pyridine rings is 1. The summed E-state index contributed by atoms with van der Waals surface area (Å²) >= 11 is 0. The van der Waals surface area contributed by atoms with Crippen molar-refractivity contribution in [3.05, 3.63) is 87.4 Å². The van der Waals surface area contributed by atoms with Crippen molar-refractivity contribution >= 4 is 11.5 Å². The first-order chi connectivity index (χ1) is 21.9. The van der Waals surface area contributed by atoms with Crippen LogP contribution >= 0.6 is 0 Å². The van der Waals surface area contributed by atoms with Crippen molar-refractivity contribution in [1.82, 2.24) is 19.7 Å². The average molecular weight is 613 g/mol. The molecule has 0 radical (unpaired) electrons. The van der Waals surface area contributed by atoms with E-state index in [-0.39, 0.29) is 11.4 Å². The molecule has 0 spiro atoms. The summed E-state index contributed by atoms with van der Waals surface area (Å²) < 4.78 is 19.8. The predicted octanol–water partition coefficient (Wildman–Crippen LogP) is 6.31. The number of carboxylic acid groups (broad SMARTS) is 1. The van der Waals surface area contributed by atoms with E-state index in [0.29, 0.717) is 25.1 Å². The van der Waals surface area contributed by atoms with Crippen LogP contribution in [0.4, 0.5) is 0 Å². The Labute approximate surface area is 265 Å². The average Bonchev–Trinajstić information content (AvgIpc) is 3.36. The first-order valence-corrected chi connectivity index (χ1v) is 16.3. The zero-order chi connectivity index (χ0) is 31.3. The summed E-state index contributed by atoms with van der Waals surface area (Å²) in [5.74, 6) is 0.414. The molecule has 2 aliphatic heterocycles. The van der Waals surface area contributed by atoms with Gasteiger partial charge < -0.3 is 24.2 Å². The second-order valence-electron chi connectivity index (χ2n) is 12.2. The molecule has 1 atom stereocenters. The van der Waals surface area contributed by atoms with Gasteiger partial charge in [0.2, 0.25) is 5.88 Å². The van der Waals surface area contributed by atoms with E-state index in [2.05, 4.69) is 42.1 Å². The Morgan fingerprint density at radius 3 is 2.76 bits per heavy atom. The molecular weight excluding hydrogens is 568 g/mol. The van der Waals surface area contributed by atoms with Crippen LogP contribution in [-0.2, 0) is 28.9 Å². The molecule has 9 nitrogen and oxygen atoms in total. The van der Waals surface area contributed by atoms with E-state index in [1.807, 2.05) is 19.1 Å². The van der Waals surface area contributed by atoms with Crippen molar-refractivity contribution in [3.63, 3.8) is 0 Å². The fourth-order valence-electron chi connectivity index (χ4n) is 6.74. The third-order valence-electron chi connectivity index (χ3n) is 9.25. The number of allylic oxidation sites excluding steroid dienone is 3. The Bertz CT molecular complexity index is 1600. The Hall–Kier alpha value is -3.95. The van der Waals surface area contributed by atoms with Crippen LogP contribution in [0.25, 0.3) is 11.4 Å². The normalized spacial score (nSPS) is 19.1. The molecular formula is C36H44N4O5. The van der Waals surface area contributed by atoms with Gasteiger partial charge in [-0.2, -0.15) is 9.78 Å². The molecule has 0 unspecified atom stereocenters. The highest BCUT2D eigenvalue weighted by Gasteiger charge is 2.24. The van der Waals surface area contributed by atoms with E-state index in [9.17, 15) is 9.90 Å². The van der Waals surface area contributed by atoms with E-state index < -0.39 is 5.97 Å². The van der Waals surface area contributed by atoms with Gasteiger partial charge in [0.25, 0.3) is 0 Å². The Kier molecular flexibility index (Phi) is 9.66. The highest BCUT2D eigenvalue weighted by molar-refractivity contribution is 5.90. The van der Waals surface area contributed by atoms with Gasteiger partial charge in [-0.15, -0.1) is 0 Å². The zero-order valence-corrected chi connectivity index (χ0v) is 26.7. The standard InChI is InChI=1S/C36H44N4O5/c1-4-43-35-31(36(41)42)21-37-40(35)33-13-8-12-32(38-33)30-11-7-9-24(2)34(30)45-23-27-15-14-26-16-18-39(19-17-29(26)25(27)3)22-28-10-5-6-20-44-28/h8,11-15,21,28H,4-7,9-10,16-20,22-23H2,1-3H3,(H,41,42)/t28-/m0/s1. The number of nitrogens with zero attached hydrogens (tertiary/aromatic N) is 4. The molecule has 4 heterocycles. The fraction of sp³-hybridized carbons (Fsp3) is 0.472. The summed E-state index contributed by atoms with van der Waals surface area (Å²) in [7, 11) is 0. The maximum Gasteiger partial charge on any atom is 0.342 e. The van der Waals surface area contributed by atoms with E-state index in [1.165, 1.54) is 58.0 Å². The van der Waals surface area contributed by atoms with Crippen molar-refractivity contribution in [1.29, 1.82) is 0 Å². The van der Waals surface area contributed by atoms with Crippen molar-refractivity contribution in [2.45, 2.75) is 78.4 Å². The van der Waals surface area contributed by atoms with E-state index in [0.717, 1.165) is 69.0 Å². The Balaban J connectivity index is 1.18. The molecule has 45 heavy (non-hydrogen) atoms. The maximum absolute atomic E-state index is 11.7. The SMILES string of the molecule is CCOc1c(C(=O)O)cnn1-c1cccc(C2=CCCC(C)=C2OCc2ccc3c(c2C)CCN(C[C@@H]2CCCCO2)CC3)n1. The molecule has 3 aliphatic rings. The number of hydrogen-bond acceptors (Lipinski definition) is 7. The lowest BCUT2D eigenvalue weighted by Gasteiger charge is -2.29. The molecule has 1 N–H and O–H groups in total. The number of benzene rings is 1. The van der Waals surface area contributed by atoms with Gasteiger partial charge in [-0.3, -0.25) is 0 Å². The molecule has 0 bridgehead atoms. The maximum atomic E-state index is 11.7. The molecule has 1 saturated heterocycles. The van der Waals surface area contributed by atoms with Gasteiger partial charge in [0.1, 0.15) is 17.9 Å². The van der Waals surface area contributed by atoms with Crippen molar-refractivity contribution in [2.75, 3.05) is 32.8 Å². The topological polar surface area (TPSA) is 98.9 Å². The van der Waals surface area contributed by atoms with Crippen LogP contribution in [0, 0.1) is 6.92 Å². The van der Waals surface area contributed by atoms with Gasteiger partial charge in [0.05, 0.1) is 24.6 Å². The van der Waals surface area contributed by atoms with Crippen LogP contribution in [0.5, 0.6) is 5.88 Å². The molecule has 1 fully saturated rings. The molecule has 6 rings (SSSR count). The number of fused-ring (bicyclic) bond motifs is 1. The summed E-state index contributed by atoms with van der Waals surface area (Å²) in [6.07, 6.45) is 11.4. The lowest BCUT2D eigenvalue weighted by Crippen LogP contribution is -2.37. The van der Waals surface area contributed by atoms with Crippen molar-refractivity contribution in [2.24, 2.45) is 0 Å². The van der Waals surface area contributed by atoms with Gasteiger partial charge in [-0.05, 0) is 106 Å². The smallest absolute Gasteiger partial charge is 0.342 e. The van der Waals surface area contributed by atoms with E-state index in [1.54, 1.807) is 6.07 Å². The van der Waals surface area contributed by atoms with Gasteiger partial charge in [-0.25, -0.2) is 9.78 Å². The van der Waals surface area contributed by atoms with E-state index in [4.69, 9.17) is 19.2 Å². The van der Waals surface area contributed by atoms with Crippen molar-refractivity contribution < 1.29 is 24.1 Å². The largest absolute Gasteiger partial charge is 0.488 e. The Morgan fingerprint density at radius 2 is 1.96 bits per heavy atom. The monoisotopic (exact) mass is 612 g/mol. The number of hydrogen-bond donors (Lipinski definition) is 1. The zero-order valence-electron chi connectivity index (χ0n) is 26.7. The third-order valence-corrected chi connectivity index (χ3v) is 9.25. The third kappa shape index (κ3) is 6.84. The molecule has 0 saturated carbocycles. The molecule has 1 aliphatic carbocycles. The molecule has 1 aromatic carbocycles. The van der Waals surface area contributed by atoms with Crippen LogP contribution in [0.1, 0.15) is 84.3 Å². The van der Waals surface area contributed by atoms with Gasteiger partial charge in [-0.1, -0.05) is 24.3 Å². The summed E-state index contributed by atoms with van der Waals surface area (Å²) in [5, 5.41) is 13.9. The first kappa shape index (κ1) is 31.0. The fourth-order valence-corrected chi connectivity index (χ4v) is 6.74. The minimum Gasteiger partial charge on any atom is -0.488 e. The number of carboxylic acids is 1. The quantitative estimate of drug-likeness (QED) is 0.285. The van der Waals surface area contributed by atoms with Crippen LogP contribution in [0.2, 0.25) is 0 Å². The van der Waals surface area contributed by atoms with Crippen LogP contribution in [0.3, 0.4) is 0 Å². The highest BCUT2D eigenvalue weighted by atomic mass is 16.5. The van der Waals surface area contributed by atoms with Crippen molar-refractivity contribution in [3.8, 4) is 11.7 Å². The number of aromatic nitrogens is 3. The molecule has 238 valence electrons. The molecule has 3 aromatic rings. The Morgan fingerprint density at radius 1 is 1.09 bits per heavy atom. The van der Waals surface area contributed by atoms with Gasteiger partial charge >= 0.3 is 5.97 Å². The minimum atomic E-state index is -1.09. The second kappa shape index (κ2) is 14.0. The first-order valence-electron chi connectivity index (χ1n) is 16.3. The number of aromatic carboxylic acids is 1. The van der Waals surface area contributed by atoms with E-state index >= 15 is 0 Å². The van der Waals surface area contributed by atoms with Crippen LogP contribution in [0.15, 0.2) is 53.9 Å². The van der Waals surface area contributed by atoms with Crippen LogP contribution < -0.4 is 4.74 Å². The lowest BCUT2D eigenvalue weighted by molar-refractivity contribution is -0.00497.